The van der Waals surface area contributed by atoms with E-state index in [-0.39, 0.29) is 18.3 Å². The van der Waals surface area contributed by atoms with Crippen LogP contribution in [0.5, 0.6) is 0 Å². The lowest BCUT2D eigenvalue weighted by molar-refractivity contribution is 0.0949. The zero-order valence-corrected chi connectivity index (χ0v) is 15.2. The lowest BCUT2D eigenvalue weighted by atomic mass is 10.1. The molecule has 0 spiro atoms. The van der Waals surface area contributed by atoms with Crippen LogP contribution >= 0.6 is 0 Å². The number of halogens is 1. The van der Waals surface area contributed by atoms with Crippen molar-refractivity contribution in [2.45, 2.75) is 13.5 Å². The topological polar surface area (TPSA) is 60.1 Å². The predicted molar refractivity (Wildman–Crippen MR) is 104 cm³/mol. The van der Waals surface area contributed by atoms with Gasteiger partial charge in [0.15, 0.2) is 0 Å². The molecule has 4 aromatic rings. The molecule has 1 N–H and O–H groups in total. The van der Waals surface area contributed by atoms with E-state index < -0.39 is 0 Å². The van der Waals surface area contributed by atoms with Crippen LogP contribution in [0.25, 0.3) is 16.9 Å². The Kier molecular flexibility index (Phi) is 4.76. The Hall–Kier alpha value is -3.67. The van der Waals surface area contributed by atoms with Crippen LogP contribution in [-0.2, 0) is 6.54 Å². The summed E-state index contributed by atoms with van der Waals surface area (Å²) in [5.74, 6) is 0.0385. The maximum atomic E-state index is 13.3. The first-order valence-electron chi connectivity index (χ1n) is 8.84. The molecule has 4 rings (SSSR count). The van der Waals surface area contributed by atoms with E-state index in [1.807, 2.05) is 36.5 Å². The van der Waals surface area contributed by atoms with Crippen molar-refractivity contribution >= 4 is 5.91 Å². The number of carbonyl (C=O) groups excluding carboxylic acids is 1. The summed E-state index contributed by atoms with van der Waals surface area (Å²) >= 11 is 0. The lowest BCUT2D eigenvalue weighted by Gasteiger charge is -2.05. The molecule has 1 amide bonds. The van der Waals surface area contributed by atoms with Crippen molar-refractivity contribution in [1.82, 2.24) is 15.1 Å². The third-order valence-electron chi connectivity index (χ3n) is 4.47. The summed E-state index contributed by atoms with van der Waals surface area (Å²) in [6.07, 6.45) is 3.36. The van der Waals surface area contributed by atoms with E-state index in [9.17, 15) is 9.18 Å². The van der Waals surface area contributed by atoms with Gasteiger partial charge < -0.3 is 9.73 Å². The number of hydrogen-bond acceptors (Lipinski definition) is 3. The first-order valence-corrected chi connectivity index (χ1v) is 8.84. The highest BCUT2D eigenvalue weighted by Gasteiger charge is 2.16. The first-order chi connectivity index (χ1) is 13.6. The van der Waals surface area contributed by atoms with Gasteiger partial charge in [-0.05, 0) is 49.4 Å². The third kappa shape index (κ3) is 3.57. The summed E-state index contributed by atoms with van der Waals surface area (Å²) in [7, 11) is 0. The number of hydrogen-bond donors (Lipinski definition) is 1. The van der Waals surface area contributed by atoms with Crippen molar-refractivity contribution in [2.75, 3.05) is 0 Å². The quantitative estimate of drug-likeness (QED) is 0.558. The molecule has 28 heavy (non-hydrogen) atoms. The molecule has 140 valence electrons. The monoisotopic (exact) mass is 375 g/mol. The highest BCUT2D eigenvalue weighted by Crippen LogP contribution is 2.24. The number of aromatic nitrogens is 2. The number of nitrogens with one attached hydrogen (secondary N) is 1. The summed E-state index contributed by atoms with van der Waals surface area (Å²) in [4.78, 5) is 12.4. The van der Waals surface area contributed by atoms with Crippen LogP contribution in [0.15, 0.2) is 77.5 Å². The van der Waals surface area contributed by atoms with Gasteiger partial charge in [-0.1, -0.05) is 18.2 Å². The fraction of sp³-hybridized carbons (Fsp3) is 0.0909. The van der Waals surface area contributed by atoms with Gasteiger partial charge in [-0.25, -0.2) is 9.07 Å². The van der Waals surface area contributed by atoms with Crippen LogP contribution in [0.1, 0.15) is 21.7 Å². The maximum absolute atomic E-state index is 13.3. The van der Waals surface area contributed by atoms with Gasteiger partial charge in [0.2, 0.25) is 0 Å². The Balaban J connectivity index is 1.66. The summed E-state index contributed by atoms with van der Waals surface area (Å²) in [6, 6.07) is 17.5. The average Bonchev–Trinajstić information content (AvgIpc) is 3.34. The Bertz CT molecular complexity index is 1100. The van der Waals surface area contributed by atoms with Crippen LogP contribution < -0.4 is 5.32 Å². The number of aryl methyl sites for hydroxylation is 1. The van der Waals surface area contributed by atoms with Crippen molar-refractivity contribution in [1.29, 1.82) is 0 Å². The number of furan rings is 1. The highest BCUT2D eigenvalue weighted by atomic mass is 19.1. The number of nitrogens with zero attached hydrogens (tertiary/aromatic N) is 2. The smallest absolute Gasteiger partial charge is 0.255 e. The van der Waals surface area contributed by atoms with Gasteiger partial charge in [-0.3, -0.25) is 4.79 Å². The van der Waals surface area contributed by atoms with Gasteiger partial charge >= 0.3 is 0 Å². The zero-order chi connectivity index (χ0) is 19.5. The van der Waals surface area contributed by atoms with Gasteiger partial charge in [0.05, 0.1) is 23.2 Å². The van der Waals surface area contributed by atoms with Gasteiger partial charge in [0, 0.05) is 23.9 Å². The van der Waals surface area contributed by atoms with E-state index in [2.05, 4.69) is 10.4 Å². The maximum Gasteiger partial charge on any atom is 0.255 e. The van der Waals surface area contributed by atoms with Crippen LogP contribution in [-0.4, -0.2) is 15.7 Å². The van der Waals surface area contributed by atoms with E-state index in [4.69, 9.17) is 4.42 Å². The molecule has 0 fully saturated rings. The minimum Gasteiger partial charge on any atom is -0.469 e. The molecule has 0 atom stereocenters. The van der Waals surface area contributed by atoms with Crippen LogP contribution in [0.3, 0.4) is 0 Å². The van der Waals surface area contributed by atoms with E-state index in [1.54, 1.807) is 29.8 Å². The molecular weight excluding hydrogens is 357 g/mol. The first kappa shape index (κ1) is 17.7. The summed E-state index contributed by atoms with van der Waals surface area (Å²) in [6.45, 7) is 2.02. The molecule has 0 aliphatic carbocycles. The molecule has 0 bridgehead atoms. The SMILES string of the molecule is Cc1occc1C(=O)NCc1cn(-c2ccccc2)nc1-c1ccc(F)cc1. The number of amides is 1. The Morgan fingerprint density at radius 2 is 1.86 bits per heavy atom. The second kappa shape index (κ2) is 7.52. The second-order valence-electron chi connectivity index (χ2n) is 6.36. The van der Waals surface area contributed by atoms with Gasteiger partial charge in [0.1, 0.15) is 11.6 Å². The largest absolute Gasteiger partial charge is 0.469 e. The summed E-state index contributed by atoms with van der Waals surface area (Å²) in [5, 5.41) is 7.57. The normalized spacial score (nSPS) is 10.8. The molecule has 0 radical (unpaired) electrons. The molecule has 0 aliphatic rings. The fourth-order valence-electron chi connectivity index (χ4n) is 2.99. The Morgan fingerprint density at radius 3 is 2.54 bits per heavy atom. The third-order valence-corrected chi connectivity index (χ3v) is 4.47. The molecule has 5 nitrogen and oxygen atoms in total. The highest BCUT2D eigenvalue weighted by molar-refractivity contribution is 5.95. The van der Waals surface area contributed by atoms with Gasteiger partial charge in [-0.2, -0.15) is 5.10 Å². The Morgan fingerprint density at radius 1 is 1.11 bits per heavy atom. The molecular formula is C22H18FN3O2. The molecule has 2 aromatic heterocycles. The van der Waals surface area contributed by atoms with Gasteiger partial charge in [0.25, 0.3) is 5.91 Å². The molecule has 0 saturated heterocycles. The summed E-state index contributed by atoms with van der Waals surface area (Å²) < 4.78 is 20.3. The van der Waals surface area contributed by atoms with Crippen molar-refractivity contribution < 1.29 is 13.6 Å². The lowest BCUT2D eigenvalue weighted by Crippen LogP contribution is -2.23. The second-order valence-corrected chi connectivity index (χ2v) is 6.36. The van der Waals surface area contributed by atoms with Crippen molar-refractivity contribution in [3.63, 3.8) is 0 Å². The standard InChI is InChI=1S/C22H18FN3O2/c1-15-20(11-12-28-15)22(27)24-13-17-14-26(19-5-3-2-4-6-19)25-21(17)16-7-9-18(23)10-8-16/h2-12,14H,13H2,1H3,(H,24,27). The molecule has 0 aliphatic heterocycles. The number of rotatable bonds is 5. The minimum absolute atomic E-state index is 0.219. The van der Waals surface area contributed by atoms with E-state index in [0.717, 1.165) is 16.8 Å². The number of benzene rings is 2. The van der Waals surface area contributed by atoms with Crippen molar-refractivity contribution in [3.05, 3.63) is 95.8 Å². The van der Waals surface area contributed by atoms with Crippen molar-refractivity contribution in [2.24, 2.45) is 0 Å². The predicted octanol–water partition coefficient (Wildman–Crippen LogP) is 4.51. The Labute approximate surface area is 161 Å². The van der Waals surface area contributed by atoms with Crippen LogP contribution in [0.2, 0.25) is 0 Å². The summed E-state index contributed by atoms with van der Waals surface area (Å²) in [5.41, 5.74) is 3.69. The van der Waals surface area contributed by atoms with Crippen LogP contribution in [0, 0.1) is 12.7 Å². The zero-order valence-electron chi connectivity index (χ0n) is 15.2. The average molecular weight is 375 g/mol. The van der Waals surface area contributed by atoms with Gasteiger partial charge in [-0.15, -0.1) is 0 Å². The number of carbonyl (C=O) groups is 1. The van der Waals surface area contributed by atoms with E-state index in [0.29, 0.717) is 17.0 Å². The number of para-hydroxylation sites is 1. The molecule has 0 saturated carbocycles. The van der Waals surface area contributed by atoms with E-state index in [1.165, 1.54) is 18.4 Å². The molecule has 0 unspecified atom stereocenters. The van der Waals surface area contributed by atoms with Crippen molar-refractivity contribution in [3.8, 4) is 16.9 Å². The fourth-order valence-corrected chi connectivity index (χ4v) is 2.99. The molecule has 2 aromatic carbocycles. The van der Waals surface area contributed by atoms with Crippen LogP contribution in [0.4, 0.5) is 4.39 Å². The minimum atomic E-state index is -0.309. The molecule has 2 heterocycles. The molecule has 6 heteroatoms. The van der Waals surface area contributed by atoms with E-state index >= 15 is 0 Å².